The fourth-order valence-corrected chi connectivity index (χ4v) is 3.90. The molecule has 3 nitrogen and oxygen atoms in total. The highest BCUT2D eigenvalue weighted by atomic mass is 16.3. The molecule has 2 bridgehead atoms. The van der Waals surface area contributed by atoms with E-state index in [0.29, 0.717) is 12.0 Å². The number of nitrogens with zero attached hydrogens (tertiary/aromatic N) is 2. The Morgan fingerprint density at radius 3 is 2.78 bits per heavy atom. The van der Waals surface area contributed by atoms with Crippen LogP contribution in [0.15, 0.2) is 12.3 Å². The SMILES string of the molecule is CC(C)n1ccc(CC(O)C2CC3CCC2C3)n1. The molecular weight excluding hydrogens is 224 g/mol. The molecule has 0 aliphatic heterocycles. The fourth-order valence-electron chi connectivity index (χ4n) is 3.90. The summed E-state index contributed by atoms with van der Waals surface area (Å²) >= 11 is 0. The van der Waals surface area contributed by atoms with Crippen molar-refractivity contribution in [1.29, 1.82) is 0 Å². The summed E-state index contributed by atoms with van der Waals surface area (Å²) in [7, 11) is 0. The standard InChI is InChI=1S/C15H24N2O/c1-10(2)17-6-5-13(16-17)9-15(18)14-8-11-3-4-12(14)7-11/h5-6,10-12,14-15,18H,3-4,7-9H2,1-2H3. The highest BCUT2D eigenvalue weighted by Gasteiger charge is 2.42. The van der Waals surface area contributed by atoms with Gasteiger partial charge in [-0.05, 0) is 56.9 Å². The summed E-state index contributed by atoms with van der Waals surface area (Å²) in [5.41, 5.74) is 1.04. The van der Waals surface area contributed by atoms with Crippen LogP contribution in [0, 0.1) is 17.8 Å². The molecule has 0 amide bonds. The third-order valence-electron chi connectivity index (χ3n) is 4.90. The van der Waals surface area contributed by atoms with Crippen LogP contribution >= 0.6 is 0 Å². The number of fused-ring (bicyclic) bond motifs is 2. The molecule has 0 saturated heterocycles. The maximum absolute atomic E-state index is 10.4. The lowest BCUT2D eigenvalue weighted by Gasteiger charge is -2.26. The first-order valence-electron chi connectivity index (χ1n) is 7.35. The molecule has 18 heavy (non-hydrogen) atoms. The molecule has 100 valence electrons. The molecule has 1 aromatic rings. The number of hydrogen-bond acceptors (Lipinski definition) is 2. The largest absolute Gasteiger partial charge is 0.392 e. The van der Waals surface area contributed by atoms with Crippen LogP contribution in [0.4, 0.5) is 0 Å². The topological polar surface area (TPSA) is 38.0 Å². The van der Waals surface area contributed by atoms with Crippen LogP contribution in [0.5, 0.6) is 0 Å². The predicted octanol–water partition coefficient (Wildman–Crippen LogP) is 2.80. The summed E-state index contributed by atoms with van der Waals surface area (Å²) in [6.07, 6.45) is 7.92. The Hall–Kier alpha value is -0.830. The average molecular weight is 248 g/mol. The maximum Gasteiger partial charge on any atom is 0.0650 e. The molecule has 1 aromatic heterocycles. The second kappa shape index (κ2) is 4.69. The number of rotatable bonds is 4. The first kappa shape index (κ1) is 12.2. The fraction of sp³-hybridized carbons (Fsp3) is 0.800. The molecule has 0 spiro atoms. The van der Waals surface area contributed by atoms with Crippen molar-refractivity contribution in [3.63, 3.8) is 0 Å². The van der Waals surface area contributed by atoms with E-state index in [1.54, 1.807) is 0 Å². The minimum atomic E-state index is -0.184. The third kappa shape index (κ3) is 2.20. The molecular formula is C15H24N2O. The molecule has 2 aliphatic rings. The van der Waals surface area contributed by atoms with E-state index in [1.165, 1.54) is 25.7 Å². The van der Waals surface area contributed by atoms with Gasteiger partial charge in [0.15, 0.2) is 0 Å². The lowest BCUT2D eigenvalue weighted by Crippen LogP contribution is -2.27. The molecule has 2 aliphatic carbocycles. The second-order valence-electron chi connectivity index (χ2n) is 6.49. The Morgan fingerprint density at radius 1 is 1.39 bits per heavy atom. The van der Waals surface area contributed by atoms with Gasteiger partial charge in [-0.2, -0.15) is 5.10 Å². The van der Waals surface area contributed by atoms with Crippen molar-refractivity contribution in [3.05, 3.63) is 18.0 Å². The summed E-state index contributed by atoms with van der Waals surface area (Å²) < 4.78 is 1.98. The smallest absolute Gasteiger partial charge is 0.0650 e. The van der Waals surface area contributed by atoms with Crippen molar-refractivity contribution in [2.24, 2.45) is 17.8 Å². The van der Waals surface area contributed by atoms with Crippen molar-refractivity contribution < 1.29 is 5.11 Å². The van der Waals surface area contributed by atoms with Gasteiger partial charge >= 0.3 is 0 Å². The van der Waals surface area contributed by atoms with E-state index >= 15 is 0 Å². The summed E-state index contributed by atoms with van der Waals surface area (Å²) in [4.78, 5) is 0. The van der Waals surface area contributed by atoms with Crippen molar-refractivity contribution >= 4 is 0 Å². The molecule has 2 saturated carbocycles. The van der Waals surface area contributed by atoms with Crippen LogP contribution < -0.4 is 0 Å². The number of aliphatic hydroxyl groups is 1. The summed E-state index contributed by atoms with van der Waals surface area (Å²) in [5, 5.41) is 15.0. The molecule has 1 N–H and O–H groups in total. The second-order valence-corrected chi connectivity index (χ2v) is 6.49. The molecule has 0 aromatic carbocycles. The van der Waals surface area contributed by atoms with Crippen molar-refractivity contribution in [1.82, 2.24) is 9.78 Å². The van der Waals surface area contributed by atoms with Gasteiger partial charge in [0.2, 0.25) is 0 Å². The van der Waals surface area contributed by atoms with Crippen LogP contribution in [0.1, 0.15) is 51.3 Å². The minimum Gasteiger partial charge on any atom is -0.392 e. The molecule has 1 heterocycles. The summed E-state index contributed by atoms with van der Waals surface area (Å²) in [5.74, 6) is 2.23. The molecule has 3 rings (SSSR count). The van der Waals surface area contributed by atoms with Gasteiger partial charge in [-0.1, -0.05) is 6.42 Å². The number of aliphatic hydroxyl groups excluding tert-OH is 1. The van der Waals surface area contributed by atoms with Gasteiger partial charge in [0.05, 0.1) is 11.8 Å². The monoisotopic (exact) mass is 248 g/mol. The minimum absolute atomic E-state index is 0.184. The average Bonchev–Trinajstić information content (AvgIpc) is 3.03. The lowest BCUT2D eigenvalue weighted by molar-refractivity contribution is 0.0741. The first-order chi connectivity index (χ1) is 8.63. The highest BCUT2D eigenvalue weighted by molar-refractivity contribution is 5.03. The highest BCUT2D eigenvalue weighted by Crippen LogP contribution is 2.49. The van der Waals surface area contributed by atoms with Crippen molar-refractivity contribution in [2.75, 3.05) is 0 Å². The van der Waals surface area contributed by atoms with Gasteiger partial charge in [-0.3, -0.25) is 4.68 Å². The van der Waals surface area contributed by atoms with Crippen molar-refractivity contribution in [3.8, 4) is 0 Å². The molecule has 4 atom stereocenters. The Balaban J connectivity index is 1.61. The number of hydrogen-bond donors (Lipinski definition) is 1. The van der Waals surface area contributed by atoms with Crippen molar-refractivity contribution in [2.45, 2.75) is 58.1 Å². The zero-order chi connectivity index (χ0) is 12.7. The Kier molecular flexibility index (Phi) is 3.18. The van der Waals surface area contributed by atoms with E-state index in [0.717, 1.165) is 24.0 Å². The van der Waals surface area contributed by atoms with Crippen LogP contribution in [0.2, 0.25) is 0 Å². The first-order valence-corrected chi connectivity index (χ1v) is 7.35. The van der Waals surface area contributed by atoms with Crippen LogP contribution in [0.3, 0.4) is 0 Å². The quantitative estimate of drug-likeness (QED) is 0.889. The van der Waals surface area contributed by atoms with E-state index in [1.807, 2.05) is 10.9 Å². The zero-order valence-corrected chi connectivity index (χ0v) is 11.4. The normalized spacial score (nSPS) is 32.3. The van der Waals surface area contributed by atoms with Crippen LogP contribution in [-0.2, 0) is 6.42 Å². The van der Waals surface area contributed by atoms with Gasteiger partial charge < -0.3 is 5.11 Å². The van der Waals surface area contributed by atoms with Gasteiger partial charge in [0.25, 0.3) is 0 Å². The van der Waals surface area contributed by atoms with Gasteiger partial charge in [-0.25, -0.2) is 0 Å². The number of aromatic nitrogens is 2. The molecule has 0 radical (unpaired) electrons. The van der Waals surface area contributed by atoms with E-state index in [-0.39, 0.29) is 6.10 Å². The lowest BCUT2D eigenvalue weighted by atomic mass is 9.83. The predicted molar refractivity (Wildman–Crippen MR) is 71.3 cm³/mol. The zero-order valence-electron chi connectivity index (χ0n) is 11.4. The Bertz CT molecular complexity index is 412. The van der Waals surface area contributed by atoms with E-state index in [4.69, 9.17) is 0 Å². The summed E-state index contributed by atoms with van der Waals surface area (Å²) in [6, 6.07) is 2.45. The Labute approximate surface area is 109 Å². The van der Waals surface area contributed by atoms with Gasteiger partial charge in [-0.15, -0.1) is 0 Å². The molecule has 2 fully saturated rings. The van der Waals surface area contributed by atoms with Crippen LogP contribution in [0.25, 0.3) is 0 Å². The Morgan fingerprint density at radius 2 is 2.22 bits per heavy atom. The van der Waals surface area contributed by atoms with E-state index < -0.39 is 0 Å². The molecule has 3 heteroatoms. The third-order valence-corrected chi connectivity index (χ3v) is 4.90. The van der Waals surface area contributed by atoms with Crippen LogP contribution in [-0.4, -0.2) is 21.0 Å². The van der Waals surface area contributed by atoms with Gasteiger partial charge in [0.1, 0.15) is 0 Å². The maximum atomic E-state index is 10.4. The summed E-state index contributed by atoms with van der Waals surface area (Å²) in [6.45, 7) is 4.26. The van der Waals surface area contributed by atoms with E-state index in [2.05, 4.69) is 25.0 Å². The van der Waals surface area contributed by atoms with Gasteiger partial charge in [0, 0.05) is 18.7 Å². The van der Waals surface area contributed by atoms with E-state index in [9.17, 15) is 5.11 Å². The molecule has 4 unspecified atom stereocenters.